The summed E-state index contributed by atoms with van der Waals surface area (Å²) in [5, 5.41) is 10.4. The van der Waals surface area contributed by atoms with Crippen molar-refractivity contribution in [2.24, 2.45) is 0 Å². The molecule has 0 aliphatic heterocycles. The number of halogens is 2. The van der Waals surface area contributed by atoms with Crippen LogP contribution in [0.15, 0.2) is 12.1 Å². The summed E-state index contributed by atoms with van der Waals surface area (Å²) >= 11 is 8.39. The number of hydrogen-bond donors (Lipinski definition) is 0. The fourth-order valence-corrected chi connectivity index (χ4v) is 4.64. The molecular weight excluding hydrogens is 377 g/mol. The van der Waals surface area contributed by atoms with E-state index in [0.717, 1.165) is 27.0 Å². The third-order valence-electron chi connectivity index (χ3n) is 3.02. The van der Waals surface area contributed by atoms with E-state index in [9.17, 15) is 5.26 Å². The van der Waals surface area contributed by atoms with E-state index in [2.05, 4.69) is 48.3 Å². The average molecular weight is 392 g/mol. The number of rotatable bonds is 2. The largest absolute Gasteiger partial charge is 0.396 e. The Balaban J connectivity index is 2.53. The van der Waals surface area contributed by atoms with Crippen molar-refractivity contribution >= 4 is 42.5 Å². The van der Waals surface area contributed by atoms with Crippen LogP contribution in [0.1, 0.15) is 17.5 Å². The molecule has 1 aliphatic carbocycles. The van der Waals surface area contributed by atoms with E-state index in [1.54, 1.807) is 0 Å². The van der Waals surface area contributed by atoms with E-state index in [-0.39, 0.29) is 0 Å². The first-order chi connectivity index (χ1) is 8.29. The molecule has 1 aliphatic rings. The van der Waals surface area contributed by atoms with E-state index in [1.807, 2.05) is 12.1 Å². The molecule has 1 aromatic carbocycles. The van der Waals surface area contributed by atoms with Gasteiger partial charge in [-0.05, 0) is 66.7 Å². The minimum absolute atomic E-state index is 0.736. The molecule has 0 heterocycles. The molecule has 0 amide bonds. The molecule has 1 aromatic rings. The van der Waals surface area contributed by atoms with Crippen molar-refractivity contribution in [2.75, 3.05) is 0 Å². The first-order valence-electron chi connectivity index (χ1n) is 5.88. The van der Waals surface area contributed by atoms with Crippen LogP contribution in [0.4, 0.5) is 0 Å². The lowest BCUT2D eigenvalue weighted by molar-refractivity contribution is 0.121. The van der Waals surface area contributed by atoms with E-state index in [4.69, 9.17) is 16.0 Å². The van der Waals surface area contributed by atoms with Gasteiger partial charge < -0.3 is 4.43 Å². The molecule has 0 radical (unpaired) electrons. The highest BCUT2D eigenvalue weighted by molar-refractivity contribution is 14.1. The molecule has 18 heavy (non-hydrogen) atoms. The Morgan fingerprint density at radius 3 is 2.67 bits per heavy atom. The highest BCUT2D eigenvalue weighted by atomic mass is 127. The maximum atomic E-state index is 9.60. The van der Waals surface area contributed by atoms with Gasteiger partial charge in [-0.1, -0.05) is 17.7 Å². The molecule has 2 nitrogen and oxygen atoms in total. The molecule has 0 saturated heterocycles. The summed E-state index contributed by atoms with van der Waals surface area (Å²) in [6.45, 7) is 6.35. The molecule has 0 saturated carbocycles. The molecule has 96 valence electrons. The Bertz CT molecular complexity index is 535. The van der Waals surface area contributed by atoms with Gasteiger partial charge in [0.1, 0.15) is 6.07 Å². The molecule has 0 unspecified atom stereocenters. The maximum Gasteiger partial charge on any atom is 0.186 e. The van der Waals surface area contributed by atoms with Crippen LogP contribution in [-0.2, 0) is 16.4 Å². The highest BCUT2D eigenvalue weighted by Gasteiger charge is 2.44. The van der Waals surface area contributed by atoms with Crippen molar-refractivity contribution in [3.8, 4) is 6.07 Å². The van der Waals surface area contributed by atoms with Crippen LogP contribution in [-0.4, -0.2) is 8.32 Å². The zero-order valence-corrected chi connectivity index (χ0v) is 14.6. The third-order valence-corrected chi connectivity index (χ3v) is 5.85. The van der Waals surface area contributed by atoms with Crippen LogP contribution in [0, 0.1) is 14.9 Å². The molecular formula is C13H15ClINOSi. The lowest BCUT2D eigenvalue weighted by Gasteiger charge is -2.31. The van der Waals surface area contributed by atoms with Crippen molar-refractivity contribution in [1.29, 1.82) is 5.26 Å². The molecule has 0 spiro atoms. The van der Waals surface area contributed by atoms with E-state index < -0.39 is 13.9 Å². The summed E-state index contributed by atoms with van der Waals surface area (Å²) in [5.41, 5.74) is 1.44. The lowest BCUT2D eigenvalue weighted by Crippen LogP contribution is -2.38. The molecule has 0 fully saturated rings. The second-order valence-electron chi connectivity index (χ2n) is 5.54. The number of hydrogen-bond acceptors (Lipinski definition) is 2. The second kappa shape index (κ2) is 4.78. The highest BCUT2D eigenvalue weighted by Crippen LogP contribution is 2.44. The Morgan fingerprint density at radius 1 is 1.44 bits per heavy atom. The smallest absolute Gasteiger partial charge is 0.186 e. The zero-order valence-electron chi connectivity index (χ0n) is 10.7. The molecule has 0 aromatic heterocycles. The lowest BCUT2D eigenvalue weighted by atomic mass is 9.98. The predicted molar refractivity (Wildman–Crippen MR) is 84.2 cm³/mol. The predicted octanol–water partition coefficient (Wildman–Crippen LogP) is 4.46. The topological polar surface area (TPSA) is 33.0 Å². The summed E-state index contributed by atoms with van der Waals surface area (Å²) in [7, 11) is -1.77. The fourth-order valence-electron chi connectivity index (χ4n) is 2.42. The fraction of sp³-hybridized carbons (Fsp3) is 0.462. The summed E-state index contributed by atoms with van der Waals surface area (Å²) in [6.07, 6.45) is 1.60. The van der Waals surface area contributed by atoms with Gasteiger partial charge in [0.25, 0.3) is 0 Å². The van der Waals surface area contributed by atoms with Gasteiger partial charge in [0.2, 0.25) is 0 Å². The van der Waals surface area contributed by atoms with Gasteiger partial charge in [-0.3, -0.25) is 0 Å². The van der Waals surface area contributed by atoms with Gasteiger partial charge in [0.15, 0.2) is 13.9 Å². The van der Waals surface area contributed by atoms with Gasteiger partial charge in [0.05, 0.1) is 5.02 Å². The Labute approximate surface area is 128 Å². The molecule has 0 bridgehead atoms. The SMILES string of the molecule is C[Si](C)(C)O[C@]1(C#N)CCc2c1ccc(Cl)c2I. The van der Waals surface area contributed by atoms with Crippen molar-refractivity contribution in [2.45, 2.75) is 38.1 Å². The molecule has 0 N–H and O–H groups in total. The van der Waals surface area contributed by atoms with Gasteiger partial charge >= 0.3 is 0 Å². The van der Waals surface area contributed by atoms with Crippen LogP contribution in [0.3, 0.4) is 0 Å². The second-order valence-corrected chi connectivity index (χ2v) is 11.5. The summed E-state index contributed by atoms with van der Waals surface area (Å²) < 4.78 is 7.25. The van der Waals surface area contributed by atoms with Gasteiger partial charge in [-0.15, -0.1) is 0 Å². The third kappa shape index (κ3) is 2.46. The van der Waals surface area contributed by atoms with Gasteiger partial charge in [-0.2, -0.15) is 5.26 Å². The molecule has 2 rings (SSSR count). The van der Waals surface area contributed by atoms with Gasteiger partial charge in [0, 0.05) is 9.13 Å². The minimum atomic E-state index is -1.77. The summed E-state index contributed by atoms with van der Waals surface area (Å²) in [5.74, 6) is 0. The summed E-state index contributed by atoms with van der Waals surface area (Å²) in [4.78, 5) is 0. The first kappa shape index (κ1) is 14.3. The Kier molecular flexibility index (Phi) is 3.80. The monoisotopic (exact) mass is 391 g/mol. The minimum Gasteiger partial charge on any atom is -0.396 e. The van der Waals surface area contributed by atoms with Crippen molar-refractivity contribution in [3.05, 3.63) is 31.9 Å². The van der Waals surface area contributed by atoms with Crippen molar-refractivity contribution in [3.63, 3.8) is 0 Å². The number of nitriles is 1. The van der Waals surface area contributed by atoms with Crippen molar-refractivity contribution < 1.29 is 4.43 Å². The summed E-state index contributed by atoms with van der Waals surface area (Å²) in [6, 6.07) is 6.23. The van der Waals surface area contributed by atoms with Crippen LogP contribution < -0.4 is 0 Å². The first-order valence-corrected chi connectivity index (χ1v) is 10.7. The number of fused-ring (bicyclic) bond motifs is 1. The van der Waals surface area contributed by atoms with Crippen LogP contribution >= 0.6 is 34.2 Å². The standard InChI is InChI=1S/C13H15ClINOSi/c1-18(2,3)17-13(8-16)7-6-9-10(13)4-5-11(14)12(9)15/h4-5H,6-7H2,1-3H3/t13-/m0/s1. The normalized spacial score (nSPS) is 22.7. The molecule has 5 heteroatoms. The average Bonchev–Trinajstić information content (AvgIpc) is 2.62. The van der Waals surface area contributed by atoms with Crippen LogP contribution in [0.5, 0.6) is 0 Å². The number of nitrogens with zero attached hydrogens (tertiary/aromatic N) is 1. The Morgan fingerprint density at radius 2 is 2.11 bits per heavy atom. The van der Waals surface area contributed by atoms with Crippen molar-refractivity contribution in [1.82, 2.24) is 0 Å². The molecule has 1 atom stereocenters. The van der Waals surface area contributed by atoms with Gasteiger partial charge in [-0.25, -0.2) is 0 Å². The van der Waals surface area contributed by atoms with Crippen LogP contribution in [0.25, 0.3) is 0 Å². The van der Waals surface area contributed by atoms with E-state index in [1.165, 1.54) is 5.56 Å². The number of benzene rings is 1. The quantitative estimate of drug-likeness (QED) is 0.551. The van der Waals surface area contributed by atoms with Crippen LogP contribution in [0.2, 0.25) is 24.7 Å². The van der Waals surface area contributed by atoms with E-state index in [0.29, 0.717) is 0 Å². The Hall–Kier alpha value is -0.0931. The zero-order chi connectivity index (χ0) is 13.6. The maximum absolute atomic E-state index is 9.60. The van der Waals surface area contributed by atoms with E-state index >= 15 is 0 Å².